The molecule has 2 amide bonds. The average molecular weight is 252 g/mol. The van der Waals surface area contributed by atoms with Gasteiger partial charge in [0.05, 0.1) is 18.8 Å². The Labute approximate surface area is 93.8 Å². The van der Waals surface area contributed by atoms with Gasteiger partial charge in [-0.05, 0) is 6.42 Å². The lowest BCUT2D eigenvalue weighted by Crippen LogP contribution is -2.40. The molecule has 0 saturated heterocycles. The minimum absolute atomic E-state index is 0.175. The number of amides is 2. The van der Waals surface area contributed by atoms with E-state index in [0.29, 0.717) is 0 Å². The molecular weight excluding hydrogens is 236 g/mol. The number of rotatable bonds is 7. The average Bonchev–Trinajstić information content (AvgIpc) is 2.19. The molecule has 16 heavy (non-hydrogen) atoms. The van der Waals surface area contributed by atoms with Crippen LogP contribution in [0.2, 0.25) is 0 Å². The molecule has 0 bridgehead atoms. The van der Waals surface area contributed by atoms with Crippen molar-refractivity contribution in [2.75, 3.05) is 25.4 Å². The molecular formula is C7H16N4O4S. The zero-order chi connectivity index (χ0) is 12.6. The first-order chi connectivity index (χ1) is 7.35. The highest BCUT2D eigenvalue weighted by Gasteiger charge is 2.05. The predicted molar refractivity (Wildman–Crippen MR) is 57.7 cm³/mol. The van der Waals surface area contributed by atoms with Crippen molar-refractivity contribution < 1.29 is 18.0 Å². The van der Waals surface area contributed by atoms with Crippen LogP contribution in [-0.2, 0) is 19.6 Å². The van der Waals surface area contributed by atoms with Crippen LogP contribution in [-0.4, -0.2) is 45.6 Å². The molecule has 0 aromatic rings. The summed E-state index contributed by atoms with van der Waals surface area (Å²) >= 11 is 0. The summed E-state index contributed by atoms with van der Waals surface area (Å²) in [4.78, 5) is 21.7. The van der Waals surface area contributed by atoms with Gasteiger partial charge < -0.3 is 16.4 Å². The van der Waals surface area contributed by atoms with Crippen LogP contribution >= 0.6 is 0 Å². The Morgan fingerprint density at radius 3 is 2.25 bits per heavy atom. The quantitative estimate of drug-likeness (QED) is 0.354. The van der Waals surface area contributed by atoms with Crippen LogP contribution in [0.5, 0.6) is 0 Å². The van der Waals surface area contributed by atoms with Crippen LogP contribution in [0.1, 0.15) is 6.42 Å². The highest BCUT2D eigenvalue weighted by molar-refractivity contribution is 7.89. The third-order valence-electron chi connectivity index (χ3n) is 1.56. The molecule has 0 spiro atoms. The van der Waals surface area contributed by atoms with E-state index in [1.54, 1.807) is 0 Å². The monoisotopic (exact) mass is 252 g/mol. The summed E-state index contributed by atoms with van der Waals surface area (Å²) in [6, 6.07) is 0. The Morgan fingerprint density at radius 2 is 1.75 bits per heavy atom. The summed E-state index contributed by atoms with van der Waals surface area (Å²) in [6.45, 7) is -0.169. The highest BCUT2D eigenvalue weighted by Crippen LogP contribution is 1.83. The van der Waals surface area contributed by atoms with Gasteiger partial charge >= 0.3 is 0 Å². The number of hydrogen-bond acceptors (Lipinski definition) is 5. The number of nitrogens with two attached hydrogens (primary N) is 2. The second-order valence-electron chi connectivity index (χ2n) is 3.05. The lowest BCUT2D eigenvalue weighted by Gasteiger charge is -2.05. The summed E-state index contributed by atoms with van der Waals surface area (Å²) in [6.07, 6.45) is 0.232. The minimum atomic E-state index is -3.49. The second-order valence-corrected chi connectivity index (χ2v) is 4.79. The topological polar surface area (TPSA) is 144 Å². The molecule has 0 fully saturated rings. The fraction of sp³-hybridized carbons (Fsp3) is 0.714. The first kappa shape index (κ1) is 14.8. The first-order valence-corrected chi connectivity index (χ1v) is 6.30. The molecule has 8 nitrogen and oxygen atoms in total. The van der Waals surface area contributed by atoms with Crippen LogP contribution in [0.4, 0.5) is 0 Å². The Bertz CT molecular complexity index is 340. The largest absolute Gasteiger partial charge is 0.355 e. The number of carbonyl (C=O) groups is 2. The Kier molecular flexibility index (Phi) is 6.61. The molecule has 0 radical (unpaired) electrons. The van der Waals surface area contributed by atoms with E-state index in [-0.39, 0.29) is 31.8 Å². The molecule has 0 atom stereocenters. The van der Waals surface area contributed by atoms with Crippen LogP contribution in [0.25, 0.3) is 0 Å². The third-order valence-corrected chi connectivity index (χ3v) is 2.42. The maximum Gasteiger partial charge on any atom is 0.239 e. The molecule has 0 aromatic carbocycles. The van der Waals surface area contributed by atoms with Crippen molar-refractivity contribution in [3.05, 3.63) is 0 Å². The van der Waals surface area contributed by atoms with Gasteiger partial charge in [0.1, 0.15) is 0 Å². The standard InChI is InChI=1S/C7H16N4O4S/c8-4-6(12)11-5-7(13)10-2-1-3-16(9,14)15/h1-5,8H2,(H,10,13)(H,11,12)(H2,9,14,15). The Hall–Kier alpha value is -1.19. The van der Waals surface area contributed by atoms with Crippen LogP contribution < -0.4 is 21.5 Å². The molecule has 0 aliphatic rings. The van der Waals surface area contributed by atoms with Gasteiger partial charge in [0.25, 0.3) is 0 Å². The fourth-order valence-electron chi connectivity index (χ4n) is 0.815. The van der Waals surface area contributed by atoms with Crippen LogP contribution in [0.3, 0.4) is 0 Å². The number of carbonyl (C=O) groups excluding carboxylic acids is 2. The van der Waals surface area contributed by atoms with Crippen molar-refractivity contribution in [3.63, 3.8) is 0 Å². The van der Waals surface area contributed by atoms with E-state index in [1.807, 2.05) is 0 Å². The van der Waals surface area contributed by atoms with E-state index in [1.165, 1.54) is 0 Å². The lowest BCUT2D eigenvalue weighted by atomic mass is 10.4. The molecule has 94 valence electrons. The SMILES string of the molecule is NCC(=O)NCC(=O)NCCCS(N)(=O)=O. The number of nitrogens with one attached hydrogen (secondary N) is 2. The Balaban J connectivity index is 3.55. The Morgan fingerprint density at radius 1 is 1.12 bits per heavy atom. The summed E-state index contributed by atoms with van der Waals surface area (Å²) in [5.41, 5.74) is 5.00. The summed E-state index contributed by atoms with van der Waals surface area (Å²) < 4.78 is 21.0. The molecule has 6 N–H and O–H groups in total. The van der Waals surface area contributed by atoms with Crippen molar-refractivity contribution in [1.82, 2.24) is 10.6 Å². The minimum Gasteiger partial charge on any atom is -0.355 e. The second kappa shape index (κ2) is 7.14. The van der Waals surface area contributed by atoms with Crippen molar-refractivity contribution >= 4 is 21.8 Å². The number of hydrogen-bond donors (Lipinski definition) is 4. The third kappa shape index (κ3) is 9.37. The lowest BCUT2D eigenvalue weighted by molar-refractivity contribution is -0.125. The molecule has 9 heteroatoms. The molecule has 0 unspecified atom stereocenters. The molecule has 0 saturated carbocycles. The van der Waals surface area contributed by atoms with Gasteiger partial charge in [0, 0.05) is 6.54 Å². The van der Waals surface area contributed by atoms with E-state index in [4.69, 9.17) is 10.9 Å². The van der Waals surface area contributed by atoms with E-state index in [9.17, 15) is 18.0 Å². The van der Waals surface area contributed by atoms with Crippen molar-refractivity contribution in [2.24, 2.45) is 10.9 Å². The number of sulfonamides is 1. The van der Waals surface area contributed by atoms with E-state index >= 15 is 0 Å². The highest BCUT2D eigenvalue weighted by atomic mass is 32.2. The molecule has 0 aromatic heterocycles. The van der Waals surface area contributed by atoms with E-state index in [2.05, 4.69) is 10.6 Å². The molecule has 0 heterocycles. The zero-order valence-electron chi connectivity index (χ0n) is 8.73. The van der Waals surface area contributed by atoms with Gasteiger partial charge in [-0.3, -0.25) is 9.59 Å². The fourth-order valence-corrected chi connectivity index (χ4v) is 1.36. The van der Waals surface area contributed by atoms with Crippen LogP contribution in [0.15, 0.2) is 0 Å². The smallest absolute Gasteiger partial charge is 0.239 e. The van der Waals surface area contributed by atoms with Crippen molar-refractivity contribution in [2.45, 2.75) is 6.42 Å². The van der Waals surface area contributed by atoms with Crippen molar-refractivity contribution in [1.29, 1.82) is 0 Å². The molecule has 0 aliphatic heterocycles. The maximum absolute atomic E-state index is 11.0. The molecule has 0 rings (SSSR count). The van der Waals surface area contributed by atoms with Gasteiger partial charge in [-0.1, -0.05) is 0 Å². The normalized spacial score (nSPS) is 10.9. The van der Waals surface area contributed by atoms with Gasteiger partial charge in [-0.2, -0.15) is 0 Å². The summed E-state index contributed by atoms with van der Waals surface area (Å²) in [7, 11) is -3.49. The molecule has 0 aliphatic carbocycles. The van der Waals surface area contributed by atoms with Crippen LogP contribution in [0, 0.1) is 0 Å². The van der Waals surface area contributed by atoms with E-state index in [0.717, 1.165) is 0 Å². The first-order valence-electron chi connectivity index (χ1n) is 4.59. The van der Waals surface area contributed by atoms with Gasteiger partial charge in [-0.25, -0.2) is 13.6 Å². The summed E-state index contributed by atoms with van der Waals surface area (Å²) in [5.74, 6) is -1.03. The summed E-state index contributed by atoms with van der Waals surface area (Å²) in [5, 5.41) is 9.45. The zero-order valence-corrected chi connectivity index (χ0v) is 9.55. The maximum atomic E-state index is 11.0. The van der Waals surface area contributed by atoms with E-state index < -0.39 is 21.8 Å². The number of primary sulfonamides is 1. The predicted octanol–water partition coefficient (Wildman–Crippen LogP) is -3.14. The van der Waals surface area contributed by atoms with Crippen molar-refractivity contribution in [3.8, 4) is 0 Å². The van der Waals surface area contributed by atoms with Gasteiger partial charge in [-0.15, -0.1) is 0 Å². The van der Waals surface area contributed by atoms with Gasteiger partial charge in [0.15, 0.2) is 0 Å². The van der Waals surface area contributed by atoms with Gasteiger partial charge in [0.2, 0.25) is 21.8 Å².